The Morgan fingerprint density at radius 2 is 2.15 bits per heavy atom. The highest BCUT2D eigenvalue weighted by atomic mass is 19.1. The summed E-state index contributed by atoms with van der Waals surface area (Å²) in [4.78, 5) is 14.4. The molecule has 0 aliphatic carbocycles. The van der Waals surface area contributed by atoms with E-state index in [0.29, 0.717) is 5.57 Å². The maximum atomic E-state index is 12.9. The number of hydrogen-bond acceptors (Lipinski definition) is 2. The van der Waals surface area contributed by atoms with Crippen LogP contribution in [0.1, 0.15) is 25.3 Å². The van der Waals surface area contributed by atoms with Gasteiger partial charge in [-0.15, -0.1) is 0 Å². The normalized spacial score (nSPS) is 19.4. The van der Waals surface area contributed by atoms with E-state index in [2.05, 4.69) is 5.32 Å². The summed E-state index contributed by atoms with van der Waals surface area (Å²) >= 11 is 0. The monoisotopic (exact) mass is 276 g/mol. The Hall–Kier alpha value is -1.68. The van der Waals surface area contributed by atoms with Gasteiger partial charge in [0.25, 0.3) is 0 Å². The van der Waals surface area contributed by atoms with Gasteiger partial charge >= 0.3 is 0 Å². The van der Waals surface area contributed by atoms with Gasteiger partial charge < -0.3 is 10.2 Å². The van der Waals surface area contributed by atoms with Gasteiger partial charge in [-0.05, 0) is 50.6 Å². The summed E-state index contributed by atoms with van der Waals surface area (Å²) < 4.78 is 12.9. The van der Waals surface area contributed by atoms with Crippen molar-refractivity contribution in [2.24, 2.45) is 0 Å². The molecule has 1 aliphatic rings. The summed E-state index contributed by atoms with van der Waals surface area (Å²) in [6.07, 6.45) is 3.93. The second-order valence-corrected chi connectivity index (χ2v) is 5.23. The molecular weight excluding hydrogens is 255 g/mol. The molecule has 1 saturated heterocycles. The van der Waals surface area contributed by atoms with Crippen LogP contribution in [-0.2, 0) is 4.79 Å². The van der Waals surface area contributed by atoms with Crippen molar-refractivity contribution in [1.29, 1.82) is 0 Å². The zero-order valence-corrected chi connectivity index (χ0v) is 12.0. The summed E-state index contributed by atoms with van der Waals surface area (Å²) in [6.45, 7) is 3.47. The highest BCUT2D eigenvalue weighted by Crippen LogP contribution is 2.20. The fourth-order valence-corrected chi connectivity index (χ4v) is 2.65. The minimum atomic E-state index is -0.264. The topological polar surface area (TPSA) is 32.3 Å². The minimum absolute atomic E-state index is 0.0760. The van der Waals surface area contributed by atoms with Gasteiger partial charge in [-0.3, -0.25) is 4.79 Å². The fraction of sp³-hybridized carbons (Fsp3) is 0.438. The Kier molecular flexibility index (Phi) is 4.90. The molecule has 108 valence electrons. The van der Waals surface area contributed by atoms with Gasteiger partial charge in [0.1, 0.15) is 5.82 Å². The van der Waals surface area contributed by atoms with Crippen molar-refractivity contribution in [3.8, 4) is 0 Å². The summed E-state index contributed by atoms with van der Waals surface area (Å²) in [7, 11) is 1.90. The SMILES string of the molecule is CNCC1CCCN1C(=O)/C(C)=C/c1ccc(F)cc1. The van der Waals surface area contributed by atoms with Crippen LogP contribution >= 0.6 is 0 Å². The molecule has 3 nitrogen and oxygen atoms in total. The Bertz CT molecular complexity index is 496. The molecule has 1 aliphatic heterocycles. The van der Waals surface area contributed by atoms with Gasteiger partial charge in [-0.1, -0.05) is 12.1 Å². The van der Waals surface area contributed by atoms with Crippen molar-refractivity contribution >= 4 is 12.0 Å². The largest absolute Gasteiger partial charge is 0.335 e. The first-order valence-corrected chi connectivity index (χ1v) is 7.01. The van der Waals surface area contributed by atoms with Gasteiger partial charge in [0, 0.05) is 24.7 Å². The third kappa shape index (κ3) is 3.45. The molecule has 1 fully saturated rings. The molecule has 20 heavy (non-hydrogen) atoms. The molecule has 0 radical (unpaired) electrons. The Labute approximate surface area is 119 Å². The maximum Gasteiger partial charge on any atom is 0.249 e. The average Bonchev–Trinajstić information content (AvgIpc) is 2.89. The fourth-order valence-electron chi connectivity index (χ4n) is 2.65. The van der Waals surface area contributed by atoms with Crippen LogP contribution in [0.3, 0.4) is 0 Å². The summed E-state index contributed by atoms with van der Waals surface area (Å²) in [5, 5.41) is 3.13. The Morgan fingerprint density at radius 1 is 1.45 bits per heavy atom. The molecule has 1 heterocycles. The van der Waals surface area contributed by atoms with E-state index in [1.54, 1.807) is 12.1 Å². The van der Waals surface area contributed by atoms with Gasteiger partial charge in [-0.25, -0.2) is 4.39 Å². The average molecular weight is 276 g/mol. The van der Waals surface area contributed by atoms with Crippen molar-refractivity contribution in [1.82, 2.24) is 10.2 Å². The van der Waals surface area contributed by atoms with Crippen LogP contribution in [0.25, 0.3) is 6.08 Å². The Balaban J connectivity index is 2.09. The van der Waals surface area contributed by atoms with Crippen molar-refractivity contribution in [3.05, 3.63) is 41.2 Å². The van der Waals surface area contributed by atoms with Crippen molar-refractivity contribution in [3.63, 3.8) is 0 Å². The van der Waals surface area contributed by atoms with Crippen LogP contribution < -0.4 is 5.32 Å². The second-order valence-electron chi connectivity index (χ2n) is 5.23. The molecule has 1 aromatic carbocycles. The lowest BCUT2D eigenvalue weighted by Crippen LogP contribution is -2.41. The van der Waals surface area contributed by atoms with Crippen LogP contribution in [0.15, 0.2) is 29.8 Å². The first-order valence-electron chi connectivity index (χ1n) is 7.01. The number of benzene rings is 1. The first-order chi connectivity index (χ1) is 9.61. The van der Waals surface area contributed by atoms with E-state index in [9.17, 15) is 9.18 Å². The molecule has 0 spiro atoms. The highest BCUT2D eigenvalue weighted by molar-refractivity contribution is 5.97. The van der Waals surface area contributed by atoms with E-state index in [0.717, 1.165) is 31.5 Å². The number of nitrogens with one attached hydrogen (secondary N) is 1. The summed E-state index contributed by atoms with van der Waals surface area (Å²) in [5.74, 6) is -0.188. The number of rotatable bonds is 4. The van der Waals surface area contributed by atoms with Crippen LogP contribution in [0.4, 0.5) is 4.39 Å². The minimum Gasteiger partial charge on any atom is -0.335 e. The summed E-state index contributed by atoms with van der Waals surface area (Å²) in [6, 6.07) is 6.46. The predicted octanol–water partition coefficient (Wildman–Crippen LogP) is 2.44. The lowest BCUT2D eigenvalue weighted by atomic mass is 10.1. The maximum absolute atomic E-state index is 12.9. The molecule has 1 amide bonds. The molecule has 1 unspecified atom stereocenters. The highest BCUT2D eigenvalue weighted by Gasteiger charge is 2.28. The van der Waals surface area contributed by atoms with E-state index in [4.69, 9.17) is 0 Å². The van der Waals surface area contributed by atoms with Gasteiger partial charge in [-0.2, -0.15) is 0 Å². The smallest absolute Gasteiger partial charge is 0.249 e. The number of amides is 1. The summed E-state index contributed by atoms with van der Waals surface area (Å²) in [5.41, 5.74) is 1.54. The van der Waals surface area contributed by atoms with Gasteiger partial charge in [0.2, 0.25) is 5.91 Å². The molecule has 1 N–H and O–H groups in total. The van der Waals surface area contributed by atoms with E-state index >= 15 is 0 Å². The quantitative estimate of drug-likeness (QED) is 0.857. The number of likely N-dealkylation sites (tertiary alicyclic amines) is 1. The number of hydrogen-bond donors (Lipinski definition) is 1. The number of carbonyl (C=O) groups excluding carboxylic acids is 1. The van der Waals surface area contributed by atoms with Gasteiger partial charge in [0.05, 0.1) is 0 Å². The van der Waals surface area contributed by atoms with Crippen LogP contribution in [0.2, 0.25) is 0 Å². The molecule has 0 bridgehead atoms. The van der Waals surface area contributed by atoms with E-state index < -0.39 is 0 Å². The Morgan fingerprint density at radius 3 is 2.80 bits per heavy atom. The second kappa shape index (κ2) is 6.66. The third-order valence-corrected chi connectivity index (χ3v) is 3.67. The number of halogens is 1. The number of likely N-dealkylation sites (N-methyl/N-ethyl adjacent to an activating group) is 1. The predicted molar refractivity (Wildman–Crippen MR) is 78.7 cm³/mol. The van der Waals surface area contributed by atoms with Crippen molar-refractivity contribution in [2.75, 3.05) is 20.1 Å². The van der Waals surface area contributed by atoms with Crippen molar-refractivity contribution in [2.45, 2.75) is 25.8 Å². The molecular formula is C16H21FN2O. The molecule has 1 atom stereocenters. The molecule has 4 heteroatoms. The van der Waals surface area contributed by atoms with Crippen molar-refractivity contribution < 1.29 is 9.18 Å². The van der Waals surface area contributed by atoms with E-state index in [1.165, 1.54) is 12.1 Å². The third-order valence-electron chi connectivity index (χ3n) is 3.67. The van der Waals surface area contributed by atoms with Crippen LogP contribution in [-0.4, -0.2) is 37.0 Å². The van der Waals surface area contributed by atoms with Gasteiger partial charge in [0.15, 0.2) is 0 Å². The van der Waals surface area contributed by atoms with Crippen LogP contribution in [0.5, 0.6) is 0 Å². The zero-order chi connectivity index (χ0) is 14.5. The first kappa shape index (κ1) is 14.7. The molecule has 2 rings (SSSR count). The van der Waals surface area contributed by atoms with E-state index in [-0.39, 0.29) is 17.8 Å². The molecule has 0 aromatic heterocycles. The lowest BCUT2D eigenvalue weighted by molar-refractivity contribution is -0.127. The zero-order valence-electron chi connectivity index (χ0n) is 12.0. The lowest BCUT2D eigenvalue weighted by Gasteiger charge is -2.24. The molecule has 0 saturated carbocycles. The molecule has 1 aromatic rings. The number of carbonyl (C=O) groups is 1. The standard InChI is InChI=1S/C16H21FN2O/c1-12(10-13-5-7-14(17)8-6-13)16(20)19-9-3-4-15(19)11-18-2/h5-8,10,15,18H,3-4,9,11H2,1-2H3/b12-10+. The van der Waals surface area contributed by atoms with E-state index in [1.807, 2.05) is 24.9 Å². The number of nitrogens with zero attached hydrogens (tertiary/aromatic N) is 1. The van der Waals surface area contributed by atoms with Crippen LogP contribution in [0, 0.1) is 5.82 Å².